The first-order valence-corrected chi connectivity index (χ1v) is 7.18. The number of methoxy groups -OCH3 is 1. The number of aromatic nitrogens is 2. The van der Waals surface area contributed by atoms with E-state index in [1.54, 1.807) is 18.0 Å². The van der Waals surface area contributed by atoms with E-state index in [2.05, 4.69) is 5.10 Å². The van der Waals surface area contributed by atoms with Crippen LogP contribution < -0.4 is 4.74 Å². The molecule has 0 aliphatic carbocycles. The van der Waals surface area contributed by atoms with Crippen molar-refractivity contribution in [2.45, 2.75) is 44.9 Å². The van der Waals surface area contributed by atoms with Crippen molar-refractivity contribution in [3.05, 3.63) is 11.9 Å². The van der Waals surface area contributed by atoms with Crippen molar-refractivity contribution >= 4 is 0 Å². The molecule has 2 rings (SSSR count). The quantitative estimate of drug-likeness (QED) is 0.858. The van der Waals surface area contributed by atoms with Gasteiger partial charge >= 0.3 is 0 Å². The molecular formula is C14H24N2O4. The number of rotatable bonds is 6. The molecule has 0 aromatic carbocycles. The van der Waals surface area contributed by atoms with Crippen molar-refractivity contribution in [2.24, 2.45) is 0 Å². The molecule has 1 fully saturated rings. The molecule has 1 atom stereocenters. The van der Waals surface area contributed by atoms with Crippen molar-refractivity contribution in [2.75, 3.05) is 26.9 Å². The van der Waals surface area contributed by atoms with Gasteiger partial charge in [0.2, 0.25) is 0 Å². The Morgan fingerprint density at radius 1 is 1.45 bits per heavy atom. The zero-order valence-electron chi connectivity index (χ0n) is 12.5. The number of aryl methyl sites for hydroxylation is 1. The molecule has 20 heavy (non-hydrogen) atoms. The average molecular weight is 284 g/mol. The van der Waals surface area contributed by atoms with Gasteiger partial charge in [0.1, 0.15) is 17.4 Å². The summed E-state index contributed by atoms with van der Waals surface area (Å²) in [5, 5.41) is 15.2. The van der Waals surface area contributed by atoms with Gasteiger partial charge in [0.15, 0.2) is 5.75 Å². The zero-order valence-corrected chi connectivity index (χ0v) is 12.5. The van der Waals surface area contributed by atoms with Crippen LogP contribution in [-0.4, -0.2) is 47.4 Å². The van der Waals surface area contributed by atoms with Crippen LogP contribution in [-0.2, 0) is 16.0 Å². The second kappa shape index (κ2) is 6.56. The number of aliphatic hydroxyl groups excluding tert-OH is 1. The standard InChI is InChI=1S/C14H24N2O4/c1-4-16-12(11(18-3)10-15-16)13(17)14(20-5-2)6-8-19-9-7-14/h10,13,17H,4-9H2,1-3H3. The maximum Gasteiger partial charge on any atom is 0.162 e. The molecule has 1 aliphatic rings. The molecule has 6 heteroatoms. The van der Waals surface area contributed by atoms with E-state index in [4.69, 9.17) is 14.2 Å². The van der Waals surface area contributed by atoms with E-state index in [1.165, 1.54) is 0 Å². The van der Waals surface area contributed by atoms with Crippen LogP contribution in [0.1, 0.15) is 38.5 Å². The number of ether oxygens (including phenoxy) is 3. The summed E-state index contributed by atoms with van der Waals surface area (Å²) >= 11 is 0. The highest BCUT2D eigenvalue weighted by Gasteiger charge is 2.44. The normalized spacial score (nSPS) is 19.8. The Bertz CT molecular complexity index is 400. The Balaban J connectivity index is 2.35. The van der Waals surface area contributed by atoms with Crippen molar-refractivity contribution in [3.63, 3.8) is 0 Å². The smallest absolute Gasteiger partial charge is 0.162 e. The minimum absolute atomic E-state index is 0.555. The lowest BCUT2D eigenvalue weighted by Gasteiger charge is -2.40. The van der Waals surface area contributed by atoms with E-state index in [1.807, 2.05) is 13.8 Å². The third kappa shape index (κ3) is 2.68. The van der Waals surface area contributed by atoms with Crippen LogP contribution >= 0.6 is 0 Å². The minimum atomic E-state index is -0.774. The Morgan fingerprint density at radius 2 is 2.15 bits per heavy atom. The summed E-state index contributed by atoms with van der Waals surface area (Å²) < 4.78 is 18.4. The predicted molar refractivity (Wildman–Crippen MR) is 73.8 cm³/mol. The van der Waals surface area contributed by atoms with Gasteiger partial charge in [-0.25, -0.2) is 0 Å². The molecule has 1 aromatic rings. The second-order valence-corrected chi connectivity index (χ2v) is 4.93. The summed E-state index contributed by atoms with van der Waals surface area (Å²) in [6, 6.07) is 0. The molecule has 1 unspecified atom stereocenters. The van der Waals surface area contributed by atoms with Gasteiger partial charge in [-0.1, -0.05) is 0 Å². The van der Waals surface area contributed by atoms with Gasteiger partial charge in [0.05, 0.1) is 13.3 Å². The molecule has 2 heterocycles. The van der Waals surface area contributed by atoms with E-state index in [0.29, 0.717) is 50.7 Å². The summed E-state index contributed by atoms with van der Waals surface area (Å²) in [5.74, 6) is 0.602. The summed E-state index contributed by atoms with van der Waals surface area (Å²) in [6.45, 7) is 6.35. The lowest BCUT2D eigenvalue weighted by molar-refractivity contribution is -0.170. The van der Waals surface area contributed by atoms with Gasteiger partial charge in [-0.3, -0.25) is 4.68 Å². The second-order valence-electron chi connectivity index (χ2n) is 4.93. The highest BCUT2D eigenvalue weighted by atomic mass is 16.5. The third-order valence-electron chi connectivity index (χ3n) is 3.89. The van der Waals surface area contributed by atoms with Gasteiger partial charge in [-0.15, -0.1) is 0 Å². The molecular weight excluding hydrogens is 260 g/mol. The number of hydrogen-bond donors (Lipinski definition) is 1. The molecule has 0 spiro atoms. The summed E-state index contributed by atoms with van der Waals surface area (Å²) in [6.07, 6.45) is 2.20. The van der Waals surface area contributed by atoms with Gasteiger partial charge in [-0.05, 0) is 13.8 Å². The Hall–Kier alpha value is -1.11. The van der Waals surface area contributed by atoms with Crippen LogP contribution in [0.5, 0.6) is 5.75 Å². The molecule has 1 aliphatic heterocycles. The molecule has 1 saturated heterocycles. The lowest BCUT2D eigenvalue weighted by Crippen LogP contribution is -2.45. The van der Waals surface area contributed by atoms with Crippen LogP contribution in [0.4, 0.5) is 0 Å². The number of aliphatic hydroxyl groups is 1. The fourth-order valence-electron chi connectivity index (χ4n) is 2.81. The van der Waals surface area contributed by atoms with E-state index in [9.17, 15) is 5.11 Å². The van der Waals surface area contributed by atoms with Crippen molar-refractivity contribution in [1.82, 2.24) is 9.78 Å². The SMILES string of the molecule is CCOC1(C(O)c2c(OC)cnn2CC)CCOCC1. The molecule has 0 radical (unpaired) electrons. The largest absolute Gasteiger partial charge is 0.493 e. The average Bonchev–Trinajstić information content (AvgIpc) is 2.90. The summed E-state index contributed by atoms with van der Waals surface area (Å²) in [7, 11) is 1.59. The minimum Gasteiger partial charge on any atom is -0.493 e. The topological polar surface area (TPSA) is 65.7 Å². The van der Waals surface area contributed by atoms with Gasteiger partial charge in [0.25, 0.3) is 0 Å². The Morgan fingerprint density at radius 3 is 2.70 bits per heavy atom. The number of hydrogen-bond acceptors (Lipinski definition) is 5. The zero-order chi connectivity index (χ0) is 14.6. The van der Waals surface area contributed by atoms with Crippen molar-refractivity contribution in [1.29, 1.82) is 0 Å². The monoisotopic (exact) mass is 284 g/mol. The Labute approximate surface area is 119 Å². The van der Waals surface area contributed by atoms with E-state index in [0.717, 1.165) is 0 Å². The highest BCUT2D eigenvalue weighted by Crippen LogP contribution is 2.40. The van der Waals surface area contributed by atoms with E-state index in [-0.39, 0.29) is 0 Å². The van der Waals surface area contributed by atoms with Crippen LogP contribution in [0, 0.1) is 0 Å². The maximum atomic E-state index is 10.9. The first-order valence-electron chi connectivity index (χ1n) is 7.18. The van der Waals surface area contributed by atoms with Crippen LogP contribution in [0.3, 0.4) is 0 Å². The first kappa shape index (κ1) is 15.3. The van der Waals surface area contributed by atoms with Gasteiger partial charge in [0, 0.05) is 39.2 Å². The van der Waals surface area contributed by atoms with Gasteiger partial charge in [-0.2, -0.15) is 5.10 Å². The molecule has 0 saturated carbocycles. The third-order valence-corrected chi connectivity index (χ3v) is 3.89. The fourth-order valence-corrected chi connectivity index (χ4v) is 2.81. The van der Waals surface area contributed by atoms with Crippen molar-refractivity contribution in [3.8, 4) is 5.75 Å². The number of nitrogens with zero attached hydrogens (tertiary/aromatic N) is 2. The molecule has 1 aromatic heterocycles. The summed E-state index contributed by atoms with van der Waals surface area (Å²) in [5.41, 5.74) is 0.0677. The molecule has 0 amide bonds. The van der Waals surface area contributed by atoms with E-state index >= 15 is 0 Å². The first-order chi connectivity index (χ1) is 9.68. The van der Waals surface area contributed by atoms with E-state index < -0.39 is 11.7 Å². The molecule has 0 bridgehead atoms. The predicted octanol–water partition coefficient (Wildman–Crippen LogP) is 1.53. The molecule has 114 valence electrons. The van der Waals surface area contributed by atoms with Crippen molar-refractivity contribution < 1.29 is 19.3 Å². The Kier molecular flexibility index (Phi) is 5.01. The lowest BCUT2D eigenvalue weighted by atomic mass is 9.85. The van der Waals surface area contributed by atoms with Crippen LogP contribution in [0.25, 0.3) is 0 Å². The van der Waals surface area contributed by atoms with Gasteiger partial charge < -0.3 is 19.3 Å². The van der Waals surface area contributed by atoms with Crippen LogP contribution in [0.15, 0.2) is 6.20 Å². The highest BCUT2D eigenvalue weighted by molar-refractivity contribution is 5.29. The summed E-state index contributed by atoms with van der Waals surface area (Å²) in [4.78, 5) is 0. The maximum absolute atomic E-state index is 10.9. The molecule has 1 N–H and O–H groups in total. The molecule has 6 nitrogen and oxygen atoms in total. The fraction of sp³-hybridized carbons (Fsp3) is 0.786. The van der Waals surface area contributed by atoms with Crippen LogP contribution in [0.2, 0.25) is 0 Å².